The summed E-state index contributed by atoms with van der Waals surface area (Å²) in [5, 5.41) is 6.66. The fourth-order valence-electron chi connectivity index (χ4n) is 3.79. The third-order valence-corrected chi connectivity index (χ3v) is 5.62. The smallest absolute Gasteiger partial charge is 0.223 e. The lowest BCUT2D eigenvalue weighted by atomic mass is 10.1. The maximum absolute atomic E-state index is 12.5. The zero-order valence-corrected chi connectivity index (χ0v) is 18.7. The number of unbranched alkanes of at least 4 members (excludes halogenated alkanes) is 1. The molecule has 0 radical (unpaired) electrons. The molecule has 0 aliphatic carbocycles. The summed E-state index contributed by atoms with van der Waals surface area (Å²) in [4.78, 5) is 18.7. The van der Waals surface area contributed by atoms with Crippen molar-refractivity contribution in [2.24, 2.45) is 4.99 Å². The first-order valence-electron chi connectivity index (χ1n) is 11.1. The number of hydrogen-bond donors (Lipinski definition) is 2. The number of benzene rings is 2. The lowest BCUT2D eigenvalue weighted by Gasteiger charge is -2.16. The largest absolute Gasteiger partial charge is 0.497 e. The number of methoxy groups -OCH3 is 1. The zero-order chi connectivity index (χ0) is 21.9. The molecule has 0 spiro atoms. The van der Waals surface area contributed by atoms with E-state index in [-0.39, 0.29) is 5.91 Å². The van der Waals surface area contributed by atoms with Crippen molar-refractivity contribution in [3.8, 4) is 5.75 Å². The summed E-state index contributed by atoms with van der Waals surface area (Å²) in [6, 6.07) is 16.5. The highest BCUT2D eigenvalue weighted by Crippen LogP contribution is 2.22. The van der Waals surface area contributed by atoms with E-state index in [1.165, 1.54) is 16.7 Å². The Labute approximate surface area is 185 Å². The van der Waals surface area contributed by atoms with Gasteiger partial charge in [-0.3, -0.25) is 9.79 Å². The first-order chi connectivity index (χ1) is 15.2. The summed E-state index contributed by atoms with van der Waals surface area (Å²) in [5.41, 5.74) is 3.87. The monoisotopic (exact) mass is 422 g/mol. The van der Waals surface area contributed by atoms with E-state index in [2.05, 4.69) is 39.9 Å². The maximum atomic E-state index is 12.5. The van der Waals surface area contributed by atoms with Gasteiger partial charge in [0.1, 0.15) is 5.75 Å². The van der Waals surface area contributed by atoms with Crippen LogP contribution >= 0.6 is 0 Å². The second kappa shape index (κ2) is 12.0. The van der Waals surface area contributed by atoms with Crippen LogP contribution in [0.4, 0.5) is 0 Å². The van der Waals surface area contributed by atoms with Gasteiger partial charge in [0.05, 0.1) is 7.11 Å². The summed E-state index contributed by atoms with van der Waals surface area (Å²) >= 11 is 0. The van der Waals surface area contributed by atoms with Crippen molar-refractivity contribution < 1.29 is 9.53 Å². The Bertz CT molecular complexity index is 839. The standard InChI is InChI=1S/C25H34N4O2/c1-26-25(27-16-6-5-8-20-12-14-23(31-2)15-13-20)28-17-7-11-24(30)29-18-21-9-3-4-10-22(21)19-29/h3-4,9-10,12-15H,5-8,11,16-19H2,1-2H3,(H2,26,27,28). The summed E-state index contributed by atoms with van der Waals surface area (Å²) in [6.07, 6.45) is 4.59. The number of rotatable bonds is 10. The van der Waals surface area contributed by atoms with Crippen LogP contribution in [0.15, 0.2) is 53.5 Å². The van der Waals surface area contributed by atoms with Gasteiger partial charge in [0.25, 0.3) is 0 Å². The van der Waals surface area contributed by atoms with Crippen LogP contribution in [0.3, 0.4) is 0 Å². The molecule has 0 saturated carbocycles. The second-order valence-electron chi connectivity index (χ2n) is 7.85. The van der Waals surface area contributed by atoms with Gasteiger partial charge >= 0.3 is 0 Å². The molecule has 2 aromatic rings. The molecule has 0 unspecified atom stereocenters. The molecule has 0 fully saturated rings. The highest BCUT2D eigenvalue weighted by molar-refractivity contribution is 5.80. The van der Waals surface area contributed by atoms with E-state index in [9.17, 15) is 4.79 Å². The van der Waals surface area contributed by atoms with Gasteiger partial charge in [-0.15, -0.1) is 0 Å². The number of nitrogens with zero attached hydrogens (tertiary/aromatic N) is 2. The average Bonchev–Trinajstić information content (AvgIpc) is 3.25. The van der Waals surface area contributed by atoms with Gasteiger partial charge in [-0.25, -0.2) is 0 Å². The van der Waals surface area contributed by atoms with Gasteiger partial charge in [-0.1, -0.05) is 36.4 Å². The molecule has 1 heterocycles. The molecule has 1 aliphatic rings. The lowest BCUT2D eigenvalue weighted by molar-refractivity contribution is -0.131. The van der Waals surface area contributed by atoms with Crippen LogP contribution in [-0.2, 0) is 24.3 Å². The molecular weight excluding hydrogens is 388 g/mol. The zero-order valence-electron chi connectivity index (χ0n) is 18.7. The second-order valence-corrected chi connectivity index (χ2v) is 7.85. The molecule has 31 heavy (non-hydrogen) atoms. The van der Waals surface area contributed by atoms with E-state index in [1.54, 1.807) is 14.2 Å². The van der Waals surface area contributed by atoms with E-state index in [4.69, 9.17) is 4.74 Å². The minimum Gasteiger partial charge on any atom is -0.497 e. The third-order valence-electron chi connectivity index (χ3n) is 5.62. The number of aryl methyl sites for hydroxylation is 1. The number of nitrogens with one attached hydrogen (secondary N) is 2. The molecule has 0 atom stereocenters. The normalized spacial score (nSPS) is 13.1. The van der Waals surface area contributed by atoms with Gasteiger partial charge in [0, 0.05) is 39.6 Å². The van der Waals surface area contributed by atoms with Gasteiger partial charge in [-0.2, -0.15) is 0 Å². The van der Waals surface area contributed by atoms with Crippen molar-refractivity contribution in [1.82, 2.24) is 15.5 Å². The van der Waals surface area contributed by atoms with Gasteiger partial charge < -0.3 is 20.3 Å². The average molecular weight is 423 g/mol. The molecule has 0 bridgehead atoms. The molecule has 2 aromatic carbocycles. The molecule has 2 N–H and O–H groups in total. The van der Waals surface area contributed by atoms with E-state index < -0.39 is 0 Å². The Balaban J connectivity index is 1.24. The van der Waals surface area contributed by atoms with Gasteiger partial charge in [-0.05, 0) is 54.5 Å². The summed E-state index contributed by atoms with van der Waals surface area (Å²) in [7, 11) is 3.46. The van der Waals surface area contributed by atoms with Crippen molar-refractivity contribution >= 4 is 11.9 Å². The lowest BCUT2D eigenvalue weighted by Crippen LogP contribution is -2.38. The Morgan fingerprint density at radius 1 is 0.968 bits per heavy atom. The maximum Gasteiger partial charge on any atom is 0.223 e. The molecule has 166 valence electrons. The number of hydrogen-bond acceptors (Lipinski definition) is 3. The molecular formula is C25H34N4O2. The van der Waals surface area contributed by atoms with E-state index in [0.29, 0.717) is 6.42 Å². The van der Waals surface area contributed by atoms with Gasteiger partial charge in [0.2, 0.25) is 5.91 Å². The first-order valence-corrected chi connectivity index (χ1v) is 11.1. The van der Waals surface area contributed by atoms with Crippen molar-refractivity contribution in [1.29, 1.82) is 0 Å². The number of guanidine groups is 1. The number of carbonyl (C=O) groups excluding carboxylic acids is 1. The Hall–Kier alpha value is -3.02. The Morgan fingerprint density at radius 3 is 2.23 bits per heavy atom. The highest BCUT2D eigenvalue weighted by atomic mass is 16.5. The van der Waals surface area contributed by atoms with E-state index >= 15 is 0 Å². The minimum absolute atomic E-state index is 0.222. The molecule has 0 saturated heterocycles. The molecule has 0 aromatic heterocycles. The SMILES string of the molecule is CN=C(NCCCCc1ccc(OC)cc1)NCCCC(=O)N1Cc2ccccc2C1. The van der Waals surface area contributed by atoms with Crippen molar-refractivity contribution in [2.75, 3.05) is 27.2 Å². The summed E-state index contributed by atoms with van der Waals surface area (Å²) in [6.45, 7) is 3.09. The van der Waals surface area contributed by atoms with E-state index in [0.717, 1.165) is 63.6 Å². The fraction of sp³-hybridized carbons (Fsp3) is 0.440. The first kappa shape index (κ1) is 22.7. The van der Waals surface area contributed by atoms with Crippen LogP contribution in [0.2, 0.25) is 0 Å². The van der Waals surface area contributed by atoms with Crippen LogP contribution in [0.25, 0.3) is 0 Å². The summed E-state index contributed by atoms with van der Waals surface area (Å²) in [5.74, 6) is 1.91. The highest BCUT2D eigenvalue weighted by Gasteiger charge is 2.22. The molecule has 6 nitrogen and oxygen atoms in total. The van der Waals surface area contributed by atoms with Crippen LogP contribution < -0.4 is 15.4 Å². The van der Waals surface area contributed by atoms with Gasteiger partial charge in [0.15, 0.2) is 5.96 Å². The minimum atomic E-state index is 0.222. The molecule has 6 heteroatoms. The third kappa shape index (κ3) is 7.02. The summed E-state index contributed by atoms with van der Waals surface area (Å²) < 4.78 is 5.19. The molecule has 1 aliphatic heterocycles. The van der Waals surface area contributed by atoms with Crippen LogP contribution in [0.1, 0.15) is 42.4 Å². The predicted octanol–water partition coefficient (Wildman–Crippen LogP) is 3.51. The Morgan fingerprint density at radius 2 is 1.61 bits per heavy atom. The number of aliphatic imine (C=N–C) groups is 1. The quantitative estimate of drug-likeness (QED) is 0.349. The predicted molar refractivity (Wildman–Crippen MR) is 125 cm³/mol. The van der Waals surface area contributed by atoms with Crippen LogP contribution in [-0.4, -0.2) is 44.0 Å². The molecule has 1 amide bonds. The van der Waals surface area contributed by atoms with Crippen LogP contribution in [0, 0.1) is 0 Å². The number of carbonyl (C=O) groups is 1. The Kier molecular flexibility index (Phi) is 8.76. The number of amides is 1. The number of fused-ring (bicyclic) bond motifs is 1. The van der Waals surface area contributed by atoms with Crippen LogP contribution in [0.5, 0.6) is 5.75 Å². The molecule has 3 rings (SSSR count). The van der Waals surface area contributed by atoms with E-state index in [1.807, 2.05) is 29.2 Å². The van der Waals surface area contributed by atoms with Crippen molar-refractivity contribution in [3.05, 3.63) is 65.2 Å². The topological polar surface area (TPSA) is 66.0 Å². The fourth-order valence-corrected chi connectivity index (χ4v) is 3.79. The van der Waals surface area contributed by atoms with Crippen molar-refractivity contribution in [2.45, 2.75) is 45.2 Å². The van der Waals surface area contributed by atoms with Crippen molar-refractivity contribution in [3.63, 3.8) is 0 Å². The number of ether oxygens (including phenoxy) is 1.